The molecule has 0 spiro atoms. The van der Waals surface area contributed by atoms with Gasteiger partial charge >= 0.3 is 0 Å². The fourth-order valence-corrected chi connectivity index (χ4v) is 1.19. The number of rotatable bonds is 2. The average molecular weight is 231 g/mol. The standard InChI is InChI=1S/C9H5ClF2N2O/c10-4-7-13-14-9(15-7)5-2-1-3-6(11)8(5)12/h1-3H,4H2. The number of aromatic nitrogens is 2. The molecule has 1 heterocycles. The van der Waals surface area contributed by atoms with Gasteiger partial charge in [-0.15, -0.1) is 21.8 Å². The first-order valence-corrected chi connectivity index (χ1v) is 4.58. The molecule has 2 rings (SSSR count). The SMILES string of the molecule is Fc1cccc(-c2nnc(CCl)o2)c1F. The number of benzene rings is 1. The molecular weight excluding hydrogens is 226 g/mol. The highest BCUT2D eigenvalue weighted by Gasteiger charge is 2.15. The van der Waals surface area contributed by atoms with Gasteiger partial charge in [-0.25, -0.2) is 8.78 Å². The van der Waals surface area contributed by atoms with Gasteiger partial charge < -0.3 is 4.42 Å². The first kappa shape index (κ1) is 10.0. The van der Waals surface area contributed by atoms with Crippen LogP contribution in [0.25, 0.3) is 11.5 Å². The summed E-state index contributed by atoms with van der Waals surface area (Å²) in [5.74, 6) is -1.86. The highest BCUT2D eigenvalue weighted by molar-refractivity contribution is 6.16. The molecule has 6 heteroatoms. The van der Waals surface area contributed by atoms with E-state index in [2.05, 4.69) is 10.2 Å². The van der Waals surface area contributed by atoms with Gasteiger partial charge in [0.05, 0.1) is 5.56 Å². The van der Waals surface area contributed by atoms with Crippen molar-refractivity contribution in [2.75, 3.05) is 0 Å². The van der Waals surface area contributed by atoms with E-state index in [4.69, 9.17) is 16.0 Å². The zero-order chi connectivity index (χ0) is 10.8. The molecule has 1 aromatic carbocycles. The first-order valence-electron chi connectivity index (χ1n) is 4.05. The molecule has 0 aliphatic rings. The van der Waals surface area contributed by atoms with Gasteiger partial charge in [-0.2, -0.15) is 0 Å². The lowest BCUT2D eigenvalue weighted by atomic mass is 10.2. The molecule has 15 heavy (non-hydrogen) atoms. The van der Waals surface area contributed by atoms with Crippen LogP contribution in [0.3, 0.4) is 0 Å². The first-order chi connectivity index (χ1) is 7.22. The molecule has 0 unspecified atom stereocenters. The Morgan fingerprint density at radius 1 is 1.27 bits per heavy atom. The van der Waals surface area contributed by atoms with E-state index in [1.54, 1.807) is 0 Å². The Balaban J connectivity index is 2.49. The third-order valence-corrected chi connectivity index (χ3v) is 1.99. The predicted molar refractivity (Wildman–Crippen MR) is 49.2 cm³/mol. The van der Waals surface area contributed by atoms with Crippen molar-refractivity contribution in [3.05, 3.63) is 35.7 Å². The molecule has 1 aromatic heterocycles. The van der Waals surface area contributed by atoms with Crippen molar-refractivity contribution in [2.24, 2.45) is 0 Å². The lowest BCUT2D eigenvalue weighted by Crippen LogP contribution is -1.88. The largest absolute Gasteiger partial charge is 0.419 e. The second-order valence-corrected chi connectivity index (χ2v) is 3.00. The molecule has 0 amide bonds. The second-order valence-electron chi connectivity index (χ2n) is 2.74. The van der Waals surface area contributed by atoms with Crippen LogP contribution >= 0.6 is 11.6 Å². The van der Waals surface area contributed by atoms with E-state index in [0.717, 1.165) is 6.07 Å². The molecule has 0 fully saturated rings. The van der Waals surface area contributed by atoms with Gasteiger partial charge in [0.2, 0.25) is 5.89 Å². The molecule has 0 N–H and O–H groups in total. The maximum absolute atomic E-state index is 13.3. The lowest BCUT2D eigenvalue weighted by Gasteiger charge is -1.97. The maximum atomic E-state index is 13.3. The topological polar surface area (TPSA) is 38.9 Å². The van der Waals surface area contributed by atoms with Crippen LogP contribution in [-0.4, -0.2) is 10.2 Å². The molecule has 3 nitrogen and oxygen atoms in total. The highest BCUT2D eigenvalue weighted by atomic mass is 35.5. The zero-order valence-corrected chi connectivity index (χ0v) is 8.13. The highest BCUT2D eigenvalue weighted by Crippen LogP contribution is 2.23. The third-order valence-electron chi connectivity index (χ3n) is 1.76. The number of alkyl halides is 1. The predicted octanol–water partition coefficient (Wildman–Crippen LogP) is 2.75. The van der Waals surface area contributed by atoms with Gasteiger partial charge in [-0.1, -0.05) is 6.07 Å². The average Bonchev–Trinajstić information content (AvgIpc) is 2.70. The Bertz CT molecular complexity index is 487. The molecule has 0 saturated heterocycles. The third kappa shape index (κ3) is 1.83. The van der Waals surface area contributed by atoms with Crippen LogP contribution < -0.4 is 0 Å². The Morgan fingerprint density at radius 3 is 2.73 bits per heavy atom. The van der Waals surface area contributed by atoms with Crippen LogP contribution in [-0.2, 0) is 5.88 Å². The maximum Gasteiger partial charge on any atom is 0.250 e. The molecule has 2 aromatic rings. The van der Waals surface area contributed by atoms with Crippen LogP contribution in [0.1, 0.15) is 5.89 Å². The van der Waals surface area contributed by atoms with E-state index >= 15 is 0 Å². The Labute approximate surface area is 88.7 Å². The molecule has 78 valence electrons. The van der Waals surface area contributed by atoms with E-state index in [0.29, 0.717) is 0 Å². The normalized spacial score (nSPS) is 10.6. The lowest BCUT2D eigenvalue weighted by molar-refractivity contribution is 0.495. The molecule has 0 bridgehead atoms. The van der Waals surface area contributed by atoms with Crippen molar-refractivity contribution in [2.45, 2.75) is 5.88 Å². The molecular formula is C9H5ClF2N2O. The van der Waals surface area contributed by atoms with Crippen molar-refractivity contribution in [1.82, 2.24) is 10.2 Å². The summed E-state index contributed by atoms with van der Waals surface area (Å²) in [6, 6.07) is 3.72. The molecule has 0 aliphatic carbocycles. The van der Waals surface area contributed by atoms with E-state index in [1.165, 1.54) is 12.1 Å². The summed E-state index contributed by atoms with van der Waals surface area (Å²) in [5.41, 5.74) is -0.0705. The molecule has 0 aliphatic heterocycles. The Hall–Kier alpha value is -1.49. The number of hydrogen-bond donors (Lipinski definition) is 0. The van der Waals surface area contributed by atoms with Crippen molar-refractivity contribution in [3.8, 4) is 11.5 Å². The summed E-state index contributed by atoms with van der Waals surface area (Å²) in [6.07, 6.45) is 0. The second kappa shape index (κ2) is 3.94. The number of hydrogen-bond acceptors (Lipinski definition) is 3. The van der Waals surface area contributed by atoms with Crippen LogP contribution in [0.2, 0.25) is 0 Å². The van der Waals surface area contributed by atoms with Crippen molar-refractivity contribution in [3.63, 3.8) is 0 Å². The minimum atomic E-state index is -1.01. The van der Waals surface area contributed by atoms with Crippen LogP contribution in [0, 0.1) is 11.6 Å². The number of halogens is 3. The summed E-state index contributed by atoms with van der Waals surface area (Å²) in [6.45, 7) is 0. The fourth-order valence-electron chi connectivity index (χ4n) is 1.09. The van der Waals surface area contributed by atoms with Gasteiger partial charge in [0.15, 0.2) is 11.6 Å². The Morgan fingerprint density at radius 2 is 2.07 bits per heavy atom. The van der Waals surface area contributed by atoms with Gasteiger partial charge in [0.25, 0.3) is 5.89 Å². The van der Waals surface area contributed by atoms with Gasteiger partial charge in [-0.3, -0.25) is 0 Å². The molecule has 0 saturated carbocycles. The van der Waals surface area contributed by atoms with Crippen LogP contribution in [0.15, 0.2) is 22.6 Å². The van der Waals surface area contributed by atoms with Crippen LogP contribution in [0.4, 0.5) is 8.78 Å². The van der Waals surface area contributed by atoms with Crippen LogP contribution in [0.5, 0.6) is 0 Å². The quantitative estimate of drug-likeness (QED) is 0.745. The van der Waals surface area contributed by atoms with E-state index in [9.17, 15) is 8.78 Å². The molecule has 0 radical (unpaired) electrons. The minimum absolute atomic E-state index is 0.0317. The van der Waals surface area contributed by atoms with E-state index in [-0.39, 0.29) is 23.2 Å². The van der Waals surface area contributed by atoms with Crippen molar-refractivity contribution >= 4 is 11.6 Å². The van der Waals surface area contributed by atoms with E-state index < -0.39 is 11.6 Å². The molecule has 0 atom stereocenters. The summed E-state index contributed by atoms with van der Waals surface area (Å²) in [7, 11) is 0. The fraction of sp³-hybridized carbons (Fsp3) is 0.111. The number of nitrogens with zero attached hydrogens (tertiary/aromatic N) is 2. The van der Waals surface area contributed by atoms with Gasteiger partial charge in [-0.05, 0) is 12.1 Å². The zero-order valence-electron chi connectivity index (χ0n) is 7.38. The smallest absolute Gasteiger partial charge is 0.250 e. The summed E-state index contributed by atoms with van der Waals surface area (Å²) in [5, 5.41) is 7.10. The monoisotopic (exact) mass is 230 g/mol. The Kier molecular flexibility index (Phi) is 2.64. The van der Waals surface area contributed by atoms with Crippen molar-refractivity contribution in [1.29, 1.82) is 0 Å². The van der Waals surface area contributed by atoms with Gasteiger partial charge in [0, 0.05) is 0 Å². The van der Waals surface area contributed by atoms with Crippen molar-refractivity contribution < 1.29 is 13.2 Å². The van der Waals surface area contributed by atoms with E-state index in [1.807, 2.05) is 0 Å². The summed E-state index contributed by atoms with van der Waals surface area (Å²) >= 11 is 5.43. The van der Waals surface area contributed by atoms with Gasteiger partial charge in [0.1, 0.15) is 5.88 Å². The minimum Gasteiger partial charge on any atom is -0.419 e. The summed E-state index contributed by atoms with van der Waals surface area (Å²) < 4.78 is 31.1. The summed E-state index contributed by atoms with van der Waals surface area (Å²) in [4.78, 5) is 0.